The Balaban J connectivity index is 1.75. The Kier molecular flexibility index (Phi) is 4.17. The van der Waals surface area contributed by atoms with Crippen molar-refractivity contribution in [3.05, 3.63) is 23.8 Å². The Labute approximate surface area is 125 Å². The van der Waals surface area contributed by atoms with E-state index in [-0.39, 0.29) is 6.61 Å². The molecule has 0 saturated carbocycles. The Morgan fingerprint density at radius 3 is 2.67 bits per heavy atom. The SMILES string of the molecule is O=S(=O)(c1ccc2c(c1)NCC2)N1CCN(CCO)CC1. The molecule has 6 nitrogen and oxygen atoms in total. The minimum Gasteiger partial charge on any atom is -0.395 e. The van der Waals surface area contributed by atoms with Crippen LogP contribution in [-0.2, 0) is 16.4 Å². The number of aliphatic hydroxyl groups excluding tert-OH is 1. The van der Waals surface area contributed by atoms with E-state index in [0.717, 1.165) is 18.7 Å². The van der Waals surface area contributed by atoms with Crippen molar-refractivity contribution >= 4 is 15.7 Å². The molecule has 0 bridgehead atoms. The predicted octanol–water partition coefficient (Wildman–Crippen LogP) is -0.0468. The lowest BCUT2D eigenvalue weighted by atomic mass is 10.2. The summed E-state index contributed by atoms with van der Waals surface area (Å²) in [5, 5.41) is 12.2. The van der Waals surface area contributed by atoms with Crippen LogP contribution in [0.2, 0.25) is 0 Å². The maximum Gasteiger partial charge on any atom is 0.243 e. The van der Waals surface area contributed by atoms with Crippen LogP contribution in [0, 0.1) is 0 Å². The molecule has 1 saturated heterocycles. The summed E-state index contributed by atoms with van der Waals surface area (Å²) in [6, 6.07) is 5.36. The molecular weight excluding hydrogens is 290 g/mol. The highest BCUT2D eigenvalue weighted by Gasteiger charge is 2.29. The summed E-state index contributed by atoms with van der Waals surface area (Å²) in [6.45, 7) is 3.89. The molecule has 0 amide bonds. The summed E-state index contributed by atoms with van der Waals surface area (Å²) in [4.78, 5) is 2.45. The van der Waals surface area contributed by atoms with Crippen LogP contribution in [0.3, 0.4) is 0 Å². The van der Waals surface area contributed by atoms with E-state index in [4.69, 9.17) is 5.11 Å². The van der Waals surface area contributed by atoms with Crippen LogP contribution in [0.25, 0.3) is 0 Å². The first-order chi connectivity index (χ1) is 10.1. The van der Waals surface area contributed by atoms with Gasteiger partial charge in [0, 0.05) is 45.0 Å². The Morgan fingerprint density at radius 2 is 1.95 bits per heavy atom. The number of rotatable bonds is 4. The van der Waals surface area contributed by atoms with Gasteiger partial charge < -0.3 is 10.4 Å². The van der Waals surface area contributed by atoms with E-state index in [2.05, 4.69) is 10.2 Å². The van der Waals surface area contributed by atoms with Gasteiger partial charge >= 0.3 is 0 Å². The first-order valence-corrected chi connectivity index (χ1v) is 8.75. The zero-order chi connectivity index (χ0) is 14.9. The van der Waals surface area contributed by atoms with Gasteiger partial charge in [0.2, 0.25) is 10.0 Å². The van der Waals surface area contributed by atoms with Crippen LogP contribution in [0.5, 0.6) is 0 Å². The van der Waals surface area contributed by atoms with Gasteiger partial charge in [0.05, 0.1) is 11.5 Å². The Bertz CT molecular complexity index is 610. The van der Waals surface area contributed by atoms with E-state index in [0.29, 0.717) is 37.6 Å². The first-order valence-electron chi connectivity index (χ1n) is 7.31. The van der Waals surface area contributed by atoms with E-state index < -0.39 is 10.0 Å². The highest BCUT2D eigenvalue weighted by atomic mass is 32.2. The second-order valence-corrected chi connectivity index (χ2v) is 7.40. The number of hydrogen-bond donors (Lipinski definition) is 2. The third-order valence-electron chi connectivity index (χ3n) is 4.18. The van der Waals surface area contributed by atoms with Crippen molar-refractivity contribution < 1.29 is 13.5 Å². The number of anilines is 1. The van der Waals surface area contributed by atoms with E-state index >= 15 is 0 Å². The van der Waals surface area contributed by atoms with E-state index in [1.165, 1.54) is 9.87 Å². The number of piperazine rings is 1. The number of sulfonamides is 1. The van der Waals surface area contributed by atoms with Gasteiger partial charge in [-0.3, -0.25) is 4.90 Å². The average Bonchev–Trinajstić information content (AvgIpc) is 2.95. The van der Waals surface area contributed by atoms with Crippen molar-refractivity contribution in [1.29, 1.82) is 0 Å². The largest absolute Gasteiger partial charge is 0.395 e. The molecule has 7 heteroatoms. The van der Waals surface area contributed by atoms with Crippen LogP contribution < -0.4 is 5.32 Å². The van der Waals surface area contributed by atoms with Gasteiger partial charge in [0.1, 0.15) is 0 Å². The lowest BCUT2D eigenvalue weighted by molar-refractivity contribution is 0.151. The molecule has 1 fully saturated rings. The van der Waals surface area contributed by atoms with Gasteiger partial charge in [-0.05, 0) is 24.1 Å². The highest BCUT2D eigenvalue weighted by Crippen LogP contribution is 2.27. The third-order valence-corrected chi connectivity index (χ3v) is 6.07. The molecule has 0 radical (unpaired) electrons. The van der Waals surface area contributed by atoms with Gasteiger partial charge in [0.25, 0.3) is 0 Å². The maximum atomic E-state index is 12.7. The van der Waals surface area contributed by atoms with Gasteiger partial charge in [0.15, 0.2) is 0 Å². The minimum atomic E-state index is -3.42. The lowest BCUT2D eigenvalue weighted by Crippen LogP contribution is -2.49. The molecule has 1 aromatic rings. The summed E-state index contributed by atoms with van der Waals surface area (Å²) in [6.07, 6.45) is 0.954. The number of nitrogens with zero attached hydrogens (tertiary/aromatic N) is 2. The molecule has 2 heterocycles. The number of hydrogen-bond acceptors (Lipinski definition) is 5. The van der Waals surface area contributed by atoms with Crippen LogP contribution in [-0.4, -0.2) is 68.6 Å². The van der Waals surface area contributed by atoms with Gasteiger partial charge in [-0.15, -0.1) is 0 Å². The summed E-state index contributed by atoms with van der Waals surface area (Å²) in [7, 11) is -3.42. The van der Waals surface area contributed by atoms with Crippen molar-refractivity contribution in [1.82, 2.24) is 9.21 Å². The fraction of sp³-hybridized carbons (Fsp3) is 0.571. The molecule has 0 spiro atoms. The van der Waals surface area contributed by atoms with Crippen molar-refractivity contribution in [3.8, 4) is 0 Å². The maximum absolute atomic E-state index is 12.7. The normalized spacial score (nSPS) is 20.2. The molecule has 1 aromatic carbocycles. The first kappa shape index (κ1) is 14.8. The topological polar surface area (TPSA) is 72.9 Å². The number of nitrogens with one attached hydrogen (secondary N) is 1. The summed E-state index contributed by atoms with van der Waals surface area (Å²) >= 11 is 0. The molecule has 21 heavy (non-hydrogen) atoms. The smallest absolute Gasteiger partial charge is 0.243 e. The second-order valence-electron chi connectivity index (χ2n) is 5.47. The monoisotopic (exact) mass is 311 g/mol. The predicted molar refractivity (Wildman–Crippen MR) is 80.9 cm³/mol. The van der Waals surface area contributed by atoms with E-state index in [1.54, 1.807) is 12.1 Å². The molecular formula is C14H21N3O3S. The zero-order valence-electron chi connectivity index (χ0n) is 12.0. The number of benzene rings is 1. The lowest BCUT2D eigenvalue weighted by Gasteiger charge is -2.33. The number of β-amino-alcohol motifs (C(OH)–C–C–N with tert-alkyl or cyclic N) is 1. The van der Waals surface area contributed by atoms with Gasteiger partial charge in [-0.25, -0.2) is 8.42 Å². The quantitative estimate of drug-likeness (QED) is 0.816. The Morgan fingerprint density at radius 1 is 1.19 bits per heavy atom. The van der Waals surface area contributed by atoms with Crippen LogP contribution in [0.15, 0.2) is 23.1 Å². The third kappa shape index (κ3) is 2.91. The molecule has 2 aliphatic heterocycles. The van der Waals surface area contributed by atoms with Crippen LogP contribution >= 0.6 is 0 Å². The minimum absolute atomic E-state index is 0.114. The molecule has 0 aliphatic carbocycles. The van der Waals surface area contributed by atoms with Gasteiger partial charge in [-0.1, -0.05) is 6.07 Å². The summed E-state index contributed by atoms with van der Waals surface area (Å²) < 4.78 is 26.9. The average molecular weight is 311 g/mol. The Hall–Kier alpha value is -1.15. The summed E-state index contributed by atoms with van der Waals surface area (Å²) in [5.74, 6) is 0. The molecule has 0 atom stereocenters. The molecule has 0 unspecified atom stereocenters. The second kappa shape index (κ2) is 5.92. The molecule has 2 aliphatic rings. The van der Waals surface area contributed by atoms with Crippen LogP contribution in [0.4, 0.5) is 5.69 Å². The molecule has 2 N–H and O–H groups in total. The van der Waals surface area contributed by atoms with E-state index in [9.17, 15) is 8.42 Å². The van der Waals surface area contributed by atoms with E-state index in [1.807, 2.05) is 6.07 Å². The fourth-order valence-corrected chi connectivity index (χ4v) is 4.36. The number of aliphatic hydroxyl groups is 1. The zero-order valence-corrected chi connectivity index (χ0v) is 12.8. The highest BCUT2D eigenvalue weighted by molar-refractivity contribution is 7.89. The van der Waals surface area contributed by atoms with Crippen LogP contribution in [0.1, 0.15) is 5.56 Å². The fourth-order valence-electron chi connectivity index (χ4n) is 2.91. The number of fused-ring (bicyclic) bond motifs is 1. The van der Waals surface area contributed by atoms with Crippen molar-refractivity contribution in [3.63, 3.8) is 0 Å². The molecule has 3 rings (SSSR count). The standard InChI is InChI=1S/C14H21N3O3S/c18-10-9-16-5-7-17(8-6-16)21(19,20)13-2-1-12-3-4-15-14(12)11-13/h1-2,11,15,18H,3-10H2. The van der Waals surface area contributed by atoms with Gasteiger partial charge in [-0.2, -0.15) is 4.31 Å². The molecule has 116 valence electrons. The molecule has 0 aromatic heterocycles. The van der Waals surface area contributed by atoms with Crippen molar-refractivity contribution in [2.75, 3.05) is 51.2 Å². The van der Waals surface area contributed by atoms with Crippen molar-refractivity contribution in [2.24, 2.45) is 0 Å². The summed E-state index contributed by atoms with van der Waals surface area (Å²) in [5.41, 5.74) is 2.12. The van der Waals surface area contributed by atoms with Crippen molar-refractivity contribution in [2.45, 2.75) is 11.3 Å².